The second-order valence-electron chi connectivity index (χ2n) is 7.60. The number of likely N-dealkylation sites (N-methyl/N-ethyl adjacent to an activating group) is 1. The number of rotatable bonds is 5. The normalized spacial score (nSPS) is 16.3. The number of hydrogen-bond donors (Lipinski definition) is 2. The summed E-state index contributed by atoms with van der Waals surface area (Å²) in [6.45, 7) is 15.3. The molecule has 0 spiro atoms. The van der Waals surface area contributed by atoms with Gasteiger partial charge in [-0.1, -0.05) is 20.8 Å². The molecule has 0 heterocycles. The summed E-state index contributed by atoms with van der Waals surface area (Å²) >= 11 is 0. The number of carbonyl (C=O) groups is 1. The highest BCUT2D eigenvalue weighted by molar-refractivity contribution is 5.77. The molecule has 2 atom stereocenters. The van der Waals surface area contributed by atoms with Gasteiger partial charge in [-0.15, -0.1) is 0 Å². The van der Waals surface area contributed by atoms with E-state index < -0.39 is 0 Å². The number of nitrogens with one attached hydrogen (secondary N) is 1. The summed E-state index contributed by atoms with van der Waals surface area (Å²) in [6, 6.07) is 0.445. The van der Waals surface area contributed by atoms with E-state index >= 15 is 0 Å². The van der Waals surface area contributed by atoms with Crippen molar-refractivity contribution in [2.24, 2.45) is 11.1 Å². The summed E-state index contributed by atoms with van der Waals surface area (Å²) in [5.74, 6) is 0.0657. The van der Waals surface area contributed by atoms with Gasteiger partial charge in [0.2, 0.25) is 5.91 Å². The Hall–Kier alpha value is -0.610. The second kappa shape index (κ2) is 6.71. The Kier molecular flexibility index (Phi) is 6.49. The van der Waals surface area contributed by atoms with Crippen LogP contribution in [0.3, 0.4) is 0 Å². The first-order valence-corrected chi connectivity index (χ1v) is 7.11. The lowest BCUT2D eigenvalue weighted by atomic mass is 9.86. The molecular weight excluding hydrogens is 238 g/mol. The van der Waals surface area contributed by atoms with Gasteiger partial charge in [-0.25, -0.2) is 0 Å². The van der Waals surface area contributed by atoms with E-state index in [0.29, 0.717) is 19.0 Å². The van der Waals surface area contributed by atoms with Crippen LogP contribution in [0.25, 0.3) is 0 Å². The quantitative estimate of drug-likeness (QED) is 0.804. The van der Waals surface area contributed by atoms with Crippen LogP contribution in [0.2, 0.25) is 0 Å². The molecule has 1 amide bonds. The third-order valence-electron chi connectivity index (χ3n) is 3.65. The summed E-state index contributed by atoms with van der Waals surface area (Å²) < 4.78 is 0. The van der Waals surface area contributed by atoms with E-state index in [4.69, 9.17) is 5.73 Å². The van der Waals surface area contributed by atoms with Crippen LogP contribution in [0.15, 0.2) is 0 Å². The lowest BCUT2D eigenvalue weighted by Crippen LogP contribution is -2.51. The first kappa shape index (κ1) is 18.4. The number of amides is 1. The molecule has 0 radical (unpaired) electrons. The molecular formula is C15H33N3O. The van der Waals surface area contributed by atoms with Crippen molar-refractivity contribution < 1.29 is 4.79 Å². The highest BCUT2D eigenvalue weighted by Crippen LogP contribution is 2.24. The average molecular weight is 271 g/mol. The summed E-state index contributed by atoms with van der Waals surface area (Å²) in [5, 5.41) is 3.00. The Morgan fingerprint density at radius 1 is 1.21 bits per heavy atom. The predicted octanol–water partition coefficient (Wildman–Crippen LogP) is 1.98. The van der Waals surface area contributed by atoms with Crippen molar-refractivity contribution in [3.8, 4) is 0 Å². The van der Waals surface area contributed by atoms with Gasteiger partial charge in [0.1, 0.15) is 0 Å². The summed E-state index contributed by atoms with van der Waals surface area (Å²) in [5.41, 5.74) is 5.82. The first-order valence-electron chi connectivity index (χ1n) is 7.11. The molecule has 4 nitrogen and oxygen atoms in total. The zero-order valence-electron chi connectivity index (χ0n) is 14.0. The van der Waals surface area contributed by atoms with Crippen LogP contribution in [0.4, 0.5) is 0 Å². The molecule has 0 saturated carbocycles. The maximum Gasteiger partial charge on any atom is 0.222 e. The molecule has 0 aromatic rings. The van der Waals surface area contributed by atoms with Gasteiger partial charge in [0.25, 0.3) is 0 Å². The number of carbonyl (C=O) groups excluding carboxylic acids is 1. The Labute approximate surface area is 119 Å². The van der Waals surface area contributed by atoms with Crippen LogP contribution in [-0.4, -0.2) is 42.0 Å². The molecule has 0 aromatic heterocycles. The molecule has 0 aliphatic rings. The first-order chi connectivity index (χ1) is 8.38. The van der Waals surface area contributed by atoms with E-state index in [0.717, 1.165) is 0 Å². The van der Waals surface area contributed by atoms with Gasteiger partial charge < -0.3 is 11.1 Å². The minimum atomic E-state index is -0.190. The van der Waals surface area contributed by atoms with Crippen molar-refractivity contribution in [3.05, 3.63) is 0 Å². The van der Waals surface area contributed by atoms with Crippen LogP contribution in [0.1, 0.15) is 54.9 Å². The van der Waals surface area contributed by atoms with Crippen LogP contribution in [0.5, 0.6) is 0 Å². The van der Waals surface area contributed by atoms with E-state index in [9.17, 15) is 4.79 Å². The molecule has 0 aromatic carbocycles. The number of nitrogens with two attached hydrogens (primary N) is 1. The topological polar surface area (TPSA) is 58.4 Å². The zero-order chi connectivity index (χ0) is 15.4. The van der Waals surface area contributed by atoms with Gasteiger partial charge in [0.15, 0.2) is 0 Å². The Balaban J connectivity index is 4.63. The molecule has 0 saturated heterocycles. The Morgan fingerprint density at radius 3 is 2.00 bits per heavy atom. The van der Waals surface area contributed by atoms with Crippen LogP contribution in [0, 0.1) is 5.41 Å². The van der Waals surface area contributed by atoms with Crippen molar-refractivity contribution in [2.45, 2.75) is 72.5 Å². The highest BCUT2D eigenvalue weighted by Gasteiger charge is 2.29. The van der Waals surface area contributed by atoms with E-state index in [1.54, 1.807) is 0 Å². The molecule has 0 aliphatic carbocycles. The average Bonchev–Trinajstić information content (AvgIpc) is 2.20. The highest BCUT2D eigenvalue weighted by atomic mass is 16.1. The van der Waals surface area contributed by atoms with E-state index in [2.05, 4.69) is 45.0 Å². The minimum absolute atomic E-state index is 0.0657. The van der Waals surface area contributed by atoms with Crippen LogP contribution in [-0.2, 0) is 4.79 Å². The Morgan fingerprint density at radius 2 is 1.68 bits per heavy atom. The third kappa shape index (κ3) is 6.92. The lowest BCUT2D eigenvalue weighted by molar-refractivity contribution is -0.124. The fraction of sp³-hybridized carbons (Fsp3) is 0.933. The lowest BCUT2D eigenvalue weighted by Gasteiger charge is -2.40. The van der Waals surface area contributed by atoms with E-state index in [1.807, 2.05) is 20.8 Å². The fourth-order valence-electron chi connectivity index (χ4n) is 2.00. The summed E-state index contributed by atoms with van der Waals surface area (Å²) in [4.78, 5) is 14.2. The zero-order valence-corrected chi connectivity index (χ0v) is 14.0. The van der Waals surface area contributed by atoms with Crippen LogP contribution >= 0.6 is 0 Å². The molecule has 114 valence electrons. The standard InChI is InChI=1S/C15H33N3O/c1-11(14(2,3)4)18(8)12(10-16)9-13(19)17-15(5,6)7/h11-12H,9-10,16H2,1-8H3,(H,17,19). The monoisotopic (exact) mass is 271 g/mol. The molecule has 4 heteroatoms. The van der Waals surface area contributed by atoms with Crippen molar-refractivity contribution in [1.82, 2.24) is 10.2 Å². The minimum Gasteiger partial charge on any atom is -0.351 e. The van der Waals surface area contributed by atoms with E-state index in [-0.39, 0.29) is 22.9 Å². The molecule has 0 fully saturated rings. The predicted molar refractivity (Wildman–Crippen MR) is 82.0 cm³/mol. The maximum absolute atomic E-state index is 12.0. The third-order valence-corrected chi connectivity index (χ3v) is 3.65. The van der Waals surface area contributed by atoms with Crippen molar-refractivity contribution in [1.29, 1.82) is 0 Å². The smallest absolute Gasteiger partial charge is 0.222 e. The molecule has 3 N–H and O–H groups in total. The van der Waals surface area contributed by atoms with Crippen molar-refractivity contribution >= 4 is 5.91 Å². The van der Waals surface area contributed by atoms with Gasteiger partial charge in [-0.2, -0.15) is 0 Å². The maximum atomic E-state index is 12.0. The van der Waals surface area contributed by atoms with Gasteiger partial charge in [0, 0.05) is 30.6 Å². The van der Waals surface area contributed by atoms with E-state index in [1.165, 1.54) is 0 Å². The van der Waals surface area contributed by atoms with Crippen molar-refractivity contribution in [3.63, 3.8) is 0 Å². The Bertz CT molecular complexity index is 289. The SMILES string of the molecule is CC(N(C)C(CN)CC(=O)NC(C)(C)C)C(C)(C)C. The second-order valence-corrected chi connectivity index (χ2v) is 7.60. The molecule has 19 heavy (non-hydrogen) atoms. The number of nitrogens with zero attached hydrogens (tertiary/aromatic N) is 1. The van der Waals surface area contributed by atoms with Crippen molar-refractivity contribution in [2.75, 3.05) is 13.6 Å². The van der Waals surface area contributed by atoms with Gasteiger partial charge >= 0.3 is 0 Å². The van der Waals surface area contributed by atoms with Gasteiger partial charge in [-0.05, 0) is 40.2 Å². The van der Waals surface area contributed by atoms with Crippen LogP contribution < -0.4 is 11.1 Å². The molecule has 0 rings (SSSR count). The van der Waals surface area contributed by atoms with Gasteiger partial charge in [-0.3, -0.25) is 9.69 Å². The van der Waals surface area contributed by atoms with Gasteiger partial charge in [0.05, 0.1) is 0 Å². The fourth-order valence-corrected chi connectivity index (χ4v) is 2.00. The summed E-state index contributed by atoms with van der Waals surface area (Å²) in [6.07, 6.45) is 0.449. The molecule has 0 aliphatic heterocycles. The number of hydrogen-bond acceptors (Lipinski definition) is 3. The summed E-state index contributed by atoms with van der Waals surface area (Å²) in [7, 11) is 2.05. The molecule has 0 bridgehead atoms. The largest absolute Gasteiger partial charge is 0.351 e. The molecule has 2 unspecified atom stereocenters.